The molecule has 1 aromatic heterocycles. The number of nitrogens with two attached hydrogens (primary N) is 1. The molecule has 2 aromatic carbocycles. The molecule has 0 aliphatic rings. The largest absolute Gasteiger partial charge is 0.477 e. The third kappa shape index (κ3) is 5.00. The van der Waals surface area contributed by atoms with Crippen LogP contribution in [0.4, 0.5) is 18.9 Å². The topological polar surface area (TPSA) is 76.2 Å². The summed E-state index contributed by atoms with van der Waals surface area (Å²) < 4.78 is 38.1. The Balaban J connectivity index is 0.000000190. The van der Waals surface area contributed by atoms with Crippen LogP contribution in [0.15, 0.2) is 59.6 Å². The van der Waals surface area contributed by atoms with Gasteiger partial charge in [-0.2, -0.15) is 4.39 Å². The van der Waals surface area contributed by atoms with Crippen LogP contribution >= 0.6 is 12.6 Å². The van der Waals surface area contributed by atoms with Crippen LogP contribution < -0.4 is 5.73 Å². The SMILES string of the molecule is Fc1cc(-c2ccc(S)cc2)ccn1.Nc1cc(F)c(C(=O)O)c(F)c1. The van der Waals surface area contributed by atoms with Crippen molar-refractivity contribution in [3.05, 3.63) is 77.9 Å². The van der Waals surface area contributed by atoms with Gasteiger partial charge in [-0.1, -0.05) is 12.1 Å². The van der Waals surface area contributed by atoms with Crippen molar-refractivity contribution in [3.63, 3.8) is 0 Å². The molecule has 0 saturated carbocycles. The van der Waals surface area contributed by atoms with Crippen molar-refractivity contribution in [2.75, 3.05) is 5.73 Å². The first-order valence-corrected chi connectivity index (χ1v) is 7.61. The smallest absolute Gasteiger partial charge is 0.341 e. The van der Waals surface area contributed by atoms with Crippen molar-refractivity contribution < 1.29 is 23.1 Å². The molecular formula is C18H13F3N2O2S. The fourth-order valence-corrected chi connectivity index (χ4v) is 2.18. The van der Waals surface area contributed by atoms with Crippen LogP contribution in [0.5, 0.6) is 0 Å². The number of carboxylic acid groups (broad SMARTS) is 1. The second-order valence-electron chi connectivity index (χ2n) is 5.08. The molecule has 0 unspecified atom stereocenters. The highest BCUT2D eigenvalue weighted by molar-refractivity contribution is 7.80. The summed E-state index contributed by atoms with van der Waals surface area (Å²) in [6, 6.07) is 12.2. The zero-order valence-electron chi connectivity index (χ0n) is 13.2. The molecule has 0 amide bonds. The number of nitrogens with zero attached hydrogens (tertiary/aromatic N) is 1. The van der Waals surface area contributed by atoms with Crippen molar-refractivity contribution in [3.8, 4) is 11.1 Å². The molecule has 0 aliphatic carbocycles. The number of carboxylic acids is 1. The number of thiol groups is 1. The van der Waals surface area contributed by atoms with E-state index in [0.29, 0.717) is 0 Å². The van der Waals surface area contributed by atoms with E-state index in [2.05, 4.69) is 17.6 Å². The molecule has 134 valence electrons. The van der Waals surface area contributed by atoms with Crippen LogP contribution in [0, 0.1) is 17.6 Å². The highest BCUT2D eigenvalue weighted by atomic mass is 32.1. The van der Waals surface area contributed by atoms with Gasteiger partial charge in [0.2, 0.25) is 5.95 Å². The van der Waals surface area contributed by atoms with E-state index in [1.807, 2.05) is 24.3 Å². The maximum atomic E-state index is 12.8. The Bertz CT molecular complexity index is 911. The minimum Gasteiger partial charge on any atom is -0.477 e. The number of hydrogen-bond donors (Lipinski definition) is 3. The van der Waals surface area contributed by atoms with Gasteiger partial charge in [-0.3, -0.25) is 0 Å². The predicted octanol–water partition coefficient (Wildman–Crippen LogP) is 4.42. The molecule has 4 nitrogen and oxygen atoms in total. The highest BCUT2D eigenvalue weighted by Gasteiger charge is 2.16. The highest BCUT2D eigenvalue weighted by Crippen LogP contribution is 2.20. The summed E-state index contributed by atoms with van der Waals surface area (Å²) in [7, 11) is 0. The standard InChI is InChI=1S/C11H8FNS.C7H5F2NO2/c12-11-7-9(5-6-13-11)8-1-3-10(14)4-2-8;8-4-1-3(10)2-5(9)6(4)7(11)12/h1-7,14H;1-2H,10H2,(H,11,12). The molecule has 8 heteroatoms. The molecule has 0 radical (unpaired) electrons. The zero-order valence-corrected chi connectivity index (χ0v) is 14.1. The Hall–Kier alpha value is -3.00. The molecular weight excluding hydrogens is 365 g/mol. The first kappa shape index (κ1) is 19.3. The average Bonchev–Trinajstić information content (AvgIpc) is 2.54. The fraction of sp³-hybridized carbons (Fsp3) is 0. The van der Waals surface area contributed by atoms with Crippen LogP contribution in [0.1, 0.15) is 10.4 Å². The van der Waals surface area contributed by atoms with Crippen molar-refractivity contribution in [2.24, 2.45) is 0 Å². The van der Waals surface area contributed by atoms with Gasteiger partial charge in [-0.05, 0) is 41.5 Å². The van der Waals surface area contributed by atoms with E-state index in [4.69, 9.17) is 10.8 Å². The van der Waals surface area contributed by atoms with Gasteiger partial charge in [-0.25, -0.2) is 18.6 Å². The number of pyridine rings is 1. The van der Waals surface area contributed by atoms with Crippen LogP contribution in [0.3, 0.4) is 0 Å². The number of anilines is 1. The first-order chi connectivity index (χ1) is 12.3. The maximum absolute atomic E-state index is 12.8. The van der Waals surface area contributed by atoms with E-state index in [1.165, 1.54) is 12.3 Å². The van der Waals surface area contributed by atoms with Gasteiger partial charge >= 0.3 is 5.97 Å². The molecule has 3 N–H and O–H groups in total. The summed E-state index contributed by atoms with van der Waals surface area (Å²) in [6.07, 6.45) is 1.46. The number of rotatable bonds is 2. The Morgan fingerprint density at radius 3 is 2.04 bits per heavy atom. The summed E-state index contributed by atoms with van der Waals surface area (Å²) in [6.45, 7) is 0. The lowest BCUT2D eigenvalue weighted by Crippen LogP contribution is -2.05. The number of carbonyl (C=O) groups is 1. The van der Waals surface area contributed by atoms with Crippen LogP contribution in [0.2, 0.25) is 0 Å². The van der Waals surface area contributed by atoms with Gasteiger partial charge in [0, 0.05) is 22.8 Å². The van der Waals surface area contributed by atoms with E-state index in [0.717, 1.165) is 28.2 Å². The fourth-order valence-electron chi connectivity index (χ4n) is 2.03. The monoisotopic (exact) mass is 378 g/mol. The Labute approximate surface area is 152 Å². The quantitative estimate of drug-likeness (QED) is 0.350. The molecule has 0 saturated heterocycles. The Kier molecular flexibility index (Phi) is 6.24. The van der Waals surface area contributed by atoms with Gasteiger partial charge in [0.25, 0.3) is 0 Å². The number of hydrogen-bond acceptors (Lipinski definition) is 4. The van der Waals surface area contributed by atoms with Crippen molar-refractivity contribution in [1.29, 1.82) is 0 Å². The van der Waals surface area contributed by atoms with E-state index in [1.54, 1.807) is 6.07 Å². The van der Waals surface area contributed by atoms with Gasteiger partial charge in [0.05, 0.1) is 0 Å². The summed E-state index contributed by atoms with van der Waals surface area (Å²) in [5.41, 5.74) is 5.72. The van der Waals surface area contributed by atoms with Gasteiger partial charge < -0.3 is 10.8 Å². The average molecular weight is 378 g/mol. The van der Waals surface area contributed by atoms with Crippen molar-refractivity contribution >= 4 is 24.3 Å². The predicted molar refractivity (Wildman–Crippen MR) is 94.6 cm³/mol. The lowest BCUT2D eigenvalue weighted by molar-refractivity contribution is 0.0686. The number of aromatic nitrogens is 1. The van der Waals surface area contributed by atoms with Gasteiger partial charge in [-0.15, -0.1) is 12.6 Å². The summed E-state index contributed by atoms with van der Waals surface area (Å²) in [4.78, 5) is 14.6. The number of benzene rings is 2. The summed E-state index contributed by atoms with van der Waals surface area (Å²) >= 11 is 4.18. The lowest BCUT2D eigenvalue weighted by atomic mass is 10.1. The second kappa shape index (κ2) is 8.39. The number of halogens is 3. The molecule has 0 spiro atoms. The second-order valence-corrected chi connectivity index (χ2v) is 5.60. The van der Waals surface area contributed by atoms with Gasteiger partial charge in [0.15, 0.2) is 0 Å². The molecule has 1 heterocycles. The molecule has 3 rings (SSSR count). The Morgan fingerprint density at radius 2 is 1.54 bits per heavy atom. The number of nitrogen functional groups attached to an aromatic ring is 1. The van der Waals surface area contributed by atoms with Crippen molar-refractivity contribution in [2.45, 2.75) is 4.90 Å². The van der Waals surface area contributed by atoms with Crippen LogP contribution in [-0.4, -0.2) is 16.1 Å². The number of aromatic carboxylic acids is 1. The third-order valence-corrected chi connectivity index (χ3v) is 3.50. The minimum atomic E-state index is -1.65. The third-order valence-electron chi connectivity index (χ3n) is 3.21. The van der Waals surface area contributed by atoms with Gasteiger partial charge in [0.1, 0.15) is 17.2 Å². The van der Waals surface area contributed by atoms with Crippen LogP contribution in [-0.2, 0) is 0 Å². The normalized spacial score (nSPS) is 10.0. The van der Waals surface area contributed by atoms with E-state index in [-0.39, 0.29) is 5.69 Å². The van der Waals surface area contributed by atoms with E-state index < -0.39 is 29.1 Å². The molecule has 3 aromatic rings. The molecule has 0 fully saturated rings. The summed E-state index contributed by atoms with van der Waals surface area (Å²) in [5, 5.41) is 8.32. The first-order valence-electron chi connectivity index (χ1n) is 7.16. The Morgan fingerprint density at radius 1 is 0.962 bits per heavy atom. The van der Waals surface area contributed by atoms with Crippen LogP contribution in [0.25, 0.3) is 11.1 Å². The van der Waals surface area contributed by atoms with E-state index >= 15 is 0 Å². The molecule has 0 atom stereocenters. The molecule has 0 bridgehead atoms. The maximum Gasteiger partial charge on any atom is 0.341 e. The van der Waals surface area contributed by atoms with Crippen molar-refractivity contribution in [1.82, 2.24) is 4.98 Å². The molecule has 26 heavy (non-hydrogen) atoms. The zero-order chi connectivity index (χ0) is 19.3. The lowest BCUT2D eigenvalue weighted by Gasteiger charge is -2.00. The minimum absolute atomic E-state index is 0.144. The summed E-state index contributed by atoms with van der Waals surface area (Å²) in [5.74, 6) is -4.44. The molecule has 0 aliphatic heterocycles. The van der Waals surface area contributed by atoms with E-state index in [9.17, 15) is 18.0 Å².